The van der Waals surface area contributed by atoms with E-state index in [0.717, 1.165) is 37.1 Å². The quantitative estimate of drug-likeness (QED) is 0.621. The predicted molar refractivity (Wildman–Crippen MR) is 104 cm³/mol. The molecule has 4 heterocycles. The van der Waals surface area contributed by atoms with Crippen molar-refractivity contribution in [2.45, 2.75) is 56.5 Å². The summed E-state index contributed by atoms with van der Waals surface area (Å²) < 4.78 is 6.07. The highest BCUT2D eigenvalue weighted by molar-refractivity contribution is 6.05. The van der Waals surface area contributed by atoms with E-state index in [1.807, 2.05) is 18.2 Å². The van der Waals surface area contributed by atoms with Gasteiger partial charge in [-0.05, 0) is 43.0 Å². The number of nitrogens with zero attached hydrogens (tertiary/aromatic N) is 1. The van der Waals surface area contributed by atoms with Crippen LogP contribution in [-0.2, 0) is 27.4 Å². The minimum atomic E-state index is -0.577. The first kappa shape index (κ1) is 18.7. The van der Waals surface area contributed by atoms with Gasteiger partial charge in [0.1, 0.15) is 6.04 Å². The maximum absolute atomic E-state index is 12.9. The maximum Gasteiger partial charge on any atom is 0.255 e. The number of fused-ring (bicyclic) bond motifs is 1. The van der Waals surface area contributed by atoms with Crippen molar-refractivity contribution in [2.24, 2.45) is 0 Å². The normalized spacial score (nSPS) is 31.6. The van der Waals surface area contributed by atoms with Crippen LogP contribution in [0.4, 0.5) is 0 Å². The monoisotopic (exact) mass is 398 g/mol. The smallest absolute Gasteiger partial charge is 0.255 e. The molecule has 3 atom stereocenters. The van der Waals surface area contributed by atoms with Crippen molar-refractivity contribution in [3.05, 3.63) is 34.9 Å². The molecule has 3 fully saturated rings. The van der Waals surface area contributed by atoms with Gasteiger partial charge in [-0.15, -0.1) is 0 Å². The number of ether oxygens (including phenoxy) is 1. The molecular formula is C21H26N4O4. The zero-order valence-corrected chi connectivity index (χ0v) is 16.3. The molecular weight excluding hydrogens is 372 g/mol. The van der Waals surface area contributed by atoms with E-state index in [1.165, 1.54) is 0 Å². The molecule has 0 saturated carbocycles. The van der Waals surface area contributed by atoms with Crippen LogP contribution in [0.3, 0.4) is 0 Å². The number of benzene rings is 1. The van der Waals surface area contributed by atoms with E-state index in [-0.39, 0.29) is 29.7 Å². The van der Waals surface area contributed by atoms with Crippen LogP contribution in [0.25, 0.3) is 0 Å². The van der Waals surface area contributed by atoms with Gasteiger partial charge < -0.3 is 20.3 Å². The molecule has 1 aromatic rings. The Kier molecular flexibility index (Phi) is 4.64. The largest absolute Gasteiger partial charge is 0.372 e. The van der Waals surface area contributed by atoms with Crippen molar-refractivity contribution in [1.29, 1.82) is 0 Å². The lowest BCUT2D eigenvalue weighted by atomic mass is 9.97. The van der Waals surface area contributed by atoms with E-state index in [1.54, 1.807) is 4.90 Å². The lowest BCUT2D eigenvalue weighted by Gasteiger charge is -2.29. The van der Waals surface area contributed by atoms with E-state index in [2.05, 4.69) is 16.0 Å². The second-order valence-corrected chi connectivity index (χ2v) is 8.55. The molecule has 1 aromatic carbocycles. The molecule has 4 aliphatic rings. The second-order valence-electron chi connectivity index (χ2n) is 8.55. The van der Waals surface area contributed by atoms with Crippen molar-refractivity contribution in [3.63, 3.8) is 0 Å². The molecule has 3 unspecified atom stereocenters. The Bertz CT molecular complexity index is 864. The van der Waals surface area contributed by atoms with Gasteiger partial charge in [-0.2, -0.15) is 0 Å². The van der Waals surface area contributed by atoms with Gasteiger partial charge >= 0.3 is 0 Å². The SMILES string of the molecule is O=C1CCC(N2Cc3c(CNC4COC5(CCNC5)C4)cccc3C2=O)C(=O)N1. The maximum atomic E-state index is 12.9. The van der Waals surface area contributed by atoms with E-state index in [0.29, 0.717) is 37.7 Å². The third-order valence-electron chi connectivity index (χ3n) is 6.67. The Morgan fingerprint density at radius 2 is 2.17 bits per heavy atom. The average Bonchev–Trinajstić information content (AvgIpc) is 3.42. The standard InChI is InChI=1S/C21H26N4O4/c26-18-5-4-17(19(27)24-18)25-10-16-13(2-1-3-15(16)20(25)28)9-23-14-8-21(29-11-14)6-7-22-12-21/h1-3,14,17,22-23H,4-12H2,(H,24,26,27). The highest BCUT2D eigenvalue weighted by Crippen LogP contribution is 2.33. The molecule has 3 amide bonds. The van der Waals surface area contributed by atoms with E-state index < -0.39 is 6.04 Å². The fraction of sp³-hybridized carbons (Fsp3) is 0.571. The number of hydrogen-bond acceptors (Lipinski definition) is 6. The minimum absolute atomic E-state index is 0.0190. The first-order valence-corrected chi connectivity index (χ1v) is 10.4. The molecule has 3 saturated heterocycles. The van der Waals surface area contributed by atoms with Crippen LogP contribution in [-0.4, -0.2) is 60.0 Å². The summed E-state index contributed by atoms with van der Waals surface area (Å²) in [7, 11) is 0. The predicted octanol–water partition coefficient (Wildman–Crippen LogP) is 0.0582. The highest BCUT2D eigenvalue weighted by Gasteiger charge is 2.43. The first-order valence-electron chi connectivity index (χ1n) is 10.4. The highest BCUT2D eigenvalue weighted by atomic mass is 16.5. The van der Waals surface area contributed by atoms with Crippen LogP contribution in [0, 0.1) is 0 Å². The van der Waals surface area contributed by atoms with Crippen LogP contribution in [0.5, 0.6) is 0 Å². The van der Waals surface area contributed by atoms with Crippen LogP contribution in [0.2, 0.25) is 0 Å². The molecule has 3 N–H and O–H groups in total. The number of carbonyl (C=O) groups excluding carboxylic acids is 3. The van der Waals surface area contributed by atoms with Gasteiger partial charge in [0.05, 0.1) is 12.2 Å². The average molecular weight is 398 g/mol. The van der Waals surface area contributed by atoms with Crippen LogP contribution in [0.1, 0.15) is 47.2 Å². The number of carbonyl (C=O) groups is 3. The number of hydrogen-bond donors (Lipinski definition) is 3. The van der Waals surface area contributed by atoms with Crippen LogP contribution < -0.4 is 16.0 Å². The van der Waals surface area contributed by atoms with Crippen LogP contribution >= 0.6 is 0 Å². The fourth-order valence-electron chi connectivity index (χ4n) is 5.06. The van der Waals surface area contributed by atoms with Gasteiger partial charge in [-0.1, -0.05) is 12.1 Å². The van der Waals surface area contributed by atoms with Gasteiger partial charge in [0.25, 0.3) is 5.91 Å². The summed E-state index contributed by atoms with van der Waals surface area (Å²) in [5.74, 6) is -0.772. The Hall–Kier alpha value is -2.29. The summed E-state index contributed by atoms with van der Waals surface area (Å²) in [6.07, 6.45) is 2.70. The number of rotatable bonds is 4. The molecule has 8 heteroatoms. The van der Waals surface area contributed by atoms with Crippen molar-refractivity contribution >= 4 is 17.7 Å². The summed E-state index contributed by atoms with van der Waals surface area (Å²) in [5, 5.41) is 9.33. The van der Waals surface area contributed by atoms with Gasteiger partial charge in [-0.25, -0.2) is 0 Å². The molecule has 0 aromatic heterocycles. The molecule has 0 radical (unpaired) electrons. The zero-order chi connectivity index (χ0) is 20.0. The second kappa shape index (κ2) is 7.19. The molecule has 154 valence electrons. The number of amides is 3. The number of nitrogens with one attached hydrogen (secondary N) is 3. The fourth-order valence-corrected chi connectivity index (χ4v) is 5.06. The summed E-state index contributed by atoms with van der Waals surface area (Å²) in [6, 6.07) is 5.48. The molecule has 8 nitrogen and oxygen atoms in total. The zero-order valence-electron chi connectivity index (χ0n) is 16.3. The minimum Gasteiger partial charge on any atom is -0.372 e. The van der Waals surface area contributed by atoms with Gasteiger partial charge in [0, 0.05) is 37.7 Å². The number of piperidine rings is 1. The number of imide groups is 1. The molecule has 4 aliphatic heterocycles. The lowest BCUT2D eigenvalue weighted by Crippen LogP contribution is -2.52. The third kappa shape index (κ3) is 3.35. The van der Waals surface area contributed by atoms with Crippen molar-refractivity contribution in [3.8, 4) is 0 Å². The van der Waals surface area contributed by atoms with E-state index in [9.17, 15) is 14.4 Å². The van der Waals surface area contributed by atoms with Crippen molar-refractivity contribution in [2.75, 3.05) is 19.7 Å². The molecule has 0 aliphatic carbocycles. The van der Waals surface area contributed by atoms with Gasteiger partial charge in [0.2, 0.25) is 11.8 Å². The summed E-state index contributed by atoms with van der Waals surface area (Å²) >= 11 is 0. The lowest BCUT2D eigenvalue weighted by molar-refractivity contribution is -0.136. The first-order chi connectivity index (χ1) is 14.0. The summed E-state index contributed by atoms with van der Waals surface area (Å²) in [4.78, 5) is 38.2. The Morgan fingerprint density at radius 1 is 1.28 bits per heavy atom. The Morgan fingerprint density at radius 3 is 2.97 bits per heavy atom. The van der Waals surface area contributed by atoms with Gasteiger partial charge in [0.15, 0.2) is 0 Å². The van der Waals surface area contributed by atoms with Crippen molar-refractivity contribution in [1.82, 2.24) is 20.9 Å². The summed E-state index contributed by atoms with van der Waals surface area (Å²) in [5.41, 5.74) is 2.70. The van der Waals surface area contributed by atoms with E-state index in [4.69, 9.17) is 4.74 Å². The van der Waals surface area contributed by atoms with E-state index >= 15 is 0 Å². The molecule has 5 rings (SSSR count). The Labute approximate surface area is 169 Å². The summed E-state index contributed by atoms with van der Waals surface area (Å²) in [6.45, 7) is 3.71. The molecule has 29 heavy (non-hydrogen) atoms. The third-order valence-corrected chi connectivity index (χ3v) is 6.67. The van der Waals surface area contributed by atoms with Gasteiger partial charge in [-0.3, -0.25) is 19.7 Å². The Balaban J connectivity index is 1.27. The van der Waals surface area contributed by atoms with Crippen molar-refractivity contribution < 1.29 is 19.1 Å². The molecule has 0 bridgehead atoms. The topological polar surface area (TPSA) is 99.8 Å². The molecule has 1 spiro atoms. The van der Waals surface area contributed by atoms with Crippen LogP contribution in [0.15, 0.2) is 18.2 Å².